The van der Waals surface area contributed by atoms with Crippen molar-refractivity contribution in [3.05, 3.63) is 12.3 Å². The minimum atomic E-state index is 0.388. The Balaban J connectivity index is 1.13. The second-order valence-corrected chi connectivity index (χ2v) is 11.4. The molecule has 4 aliphatic rings. The first kappa shape index (κ1) is 24.8. The number of anilines is 2. The normalized spacial score (nSPS) is 25.9. The molecule has 1 amide bonds. The van der Waals surface area contributed by atoms with Crippen molar-refractivity contribution >= 4 is 17.7 Å². The van der Waals surface area contributed by atoms with Gasteiger partial charge in [-0.25, -0.2) is 4.98 Å². The van der Waals surface area contributed by atoms with Gasteiger partial charge in [0, 0.05) is 57.4 Å². The first-order valence-corrected chi connectivity index (χ1v) is 14.6. The summed E-state index contributed by atoms with van der Waals surface area (Å²) in [5.41, 5.74) is 0. The van der Waals surface area contributed by atoms with Gasteiger partial charge in [0.15, 0.2) is 0 Å². The van der Waals surface area contributed by atoms with E-state index < -0.39 is 0 Å². The van der Waals surface area contributed by atoms with E-state index in [2.05, 4.69) is 31.1 Å². The van der Waals surface area contributed by atoms with Crippen LogP contribution in [0.2, 0.25) is 0 Å². The molecule has 3 saturated heterocycles. The summed E-state index contributed by atoms with van der Waals surface area (Å²) >= 11 is 0. The summed E-state index contributed by atoms with van der Waals surface area (Å²) in [6, 6.07) is 3.05. The Hall–Kier alpha value is -1.89. The first-order chi connectivity index (χ1) is 17.2. The number of nitrogens with one attached hydrogen (secondary N) is 1. The Morgan fingerprint density at radius 3 is 2.34 bits per heavy atom. The van der Waals surface area contributed by atoms with Gasteiger partial charge in [0.25, 0.3) is 0 Å². The monoisotopic (exact) mass is 482 g/mol. The maximum absolute atomic E-state index is 12.8. The van der Waals surface area contributed by atoms with Gasteiger partial charge in [-0.1, -0.05) is 32.1 Å². The second kappa shape index (κ2) is 12.4. The molecule has 1 aliphatic carbocycles. The van der Waals surface area contributed by atoms with Gasteiger partial charge in [-0.05, 0) is 69.9 Å². The molecular weight excluding hydrogens is 436 g/mol. The molecule has 0 spiro atoms. The third-order valence-electron chi connectivity index (χ3n) is 8.88. The zero-order valence-electron chi connectivity index (χ0n) is 21.7. The molecule has 35 heavy (non-hydrogen) atoms. The maximum Gasteiger partial charge on any atom is 0.224 e. The van der Waals surface area contributed by atoms with Crippen LogP contribution in [-0.2, 0) is 4.79 Å². The highest BCUT2D eigenvalue weighted by atomic mass is 16.2. The molecular formula is C28H46N6O. The van der Waals surface area contributed by atoms with E-state index in [4.69, 9.17) is 4.98 Å². The van der Waals surface area contributed by atoms with Crippen molar-refractivity contribution in [1.82, 2.24) is 19.8 Å². The number of likely N-dealkylation sites (tertiary alicyclic amines) is 2. The van der Waals surface area contributed by atoms with Crippen LogP contribution in [0.3, 0.4) is 0 Å². The van der Waals surface area contributed by atoms with Crippen LogP contribution in [0.5, 0.6) is 0 Å². The van der Waals surface area contributed by atoms with Gasteiger partial charge < -0.3 is 15.1 Å². The number of nitrogens with zero attached hydrogens (tertiary/aromatic N) is 5. The van der Waals surface area contributed by atoms with Crippen molar-refractivity contribution < 1.29 is 4.79 Å². The topological polar surface area (TPSA) is 64.6 Å². The Bertz CT molecular complexity index is 796. The van der Waals surface area contributed by atoms with Crippen LogP contribution in [0.1, 0.15) is 89.9 Å². The molecule has 194 valence electrons. The smallest absolute Gasteiger partial charge is 0.224 e. The largest absolute Gasteiger partial charge is 0.356 e. The van der Waals surface area contributed by atoms with E-state index in [1.54, 1.807) is 0 Å². The van der Waals surface area contributed by atoms with Crippen molar-refractivity contribution in [2.24, 2.45) is 5.92 Å². The van der Waals surface area contributed by atoms with Crippen molar-refractivity contribution in [1.29, 1.82) is 0 Å². The van der Waals surface area contributed by atoms with E-state index in [0.717, 1.165) is 63.8 Å². The second-order valence-electron chi connectivity index (χ2n) is 11.4. The third kappa shape index (κ3) is 6.87. The zero-order chi connectivity index (χ0) is 23.9. The van der Waals surface area contributed by atoms with E-state index in [-0.39, 0.29) is 0 Å². The zero-order valence-corrected chi connectivity index (χ0v) is 21.7. The summed E-state index contributed by atoms with van der Waals surface area (Å²) in [5, 5.41) is 3.70. The van der Waals surface area contributed by atoms with E-state index in [9.17, 15) is 4.79 Å². The molecule has 5 rings (SSSR count). The summed E-state index contributed by atoms with van der Waals surface area (Å²) in [7, 11) is 0. The lowest BCUT2D eigenvalue weighted by atomic mass is 9.99. The predicted molar refractivity (Wildman–Crippen MR) is 142 cm³/mol. The molecule has 7 heteroatoms. The lowest BCUT2D eigenvalue weighted by Gasteiger charge is -2.39. The Kier molecular flexibility index (Phi) is 8.77. The molecule has 1 aromatic heterocycles. The molecule has 1 aromatic rings. The van der Waals surface area contributed by atoms with Crippen LogP contribution >= 0.6 is 0 Å². The van der Waals surface area contributed by atoms with Crippen molar-refractivity contribution in [2.75, 3.05) is 49.5 Å². The van der Waals surface area contributed by atoms with Gasteiger partial charge in [0.05, 0.1) is 0 Å². The van der Waals surface area contributed by atoms with Crippen molar-refractivity contribution in [2.45, 2.75) is 102 Å². The molecule has 3 aliphatic heterocycles. The quantitative estimate of drug-likeness (QED) is 0.634. The van der Waals surface area contributed by atoms with Crippen LogP contribution in [0.15, 0.2) is 12.3 Å². The number of amides is 1. The lowest BCUT2D eigenvalue weighted by Crippen LogP contribution is -2.49. The molecule has 1 atom stereocenters. The average molecular weight is 483 g/mol. The fourth-order valence-corrected chi connectivity index (χ4v) is 6.77. The van der Waals surface area contributed by atoms with Crippen LogP contribution in [0, 0.1) is 5.92 Å². The van der Waals surface area contributed by atoms with Crippen molar-refractivity contribution in [3.63, 3.8) is 0 Å². The number of hydrogen-bond acceptors (Lipinski definition) is 6. The molecule has 1 unspecified atom stereocenters. The highest BCUT2D eigenvalue weighted by Crippen LogP contribution is 2.29. The summed E-state index contributed by atoms with van der Waals surface area (Å²) in [6.45, 7) is 6.31. The Labute approximate surface area is 212 Å². The number of piperidine rings is 1. The molecule has 1 N–H and O–H groups in total. The Morgan fingerprint density at radius 1 is 0.857 bits per heavy atom. The number of aromatic nitrogens is 2. The number of carbonyl (C=O) groups excluding carboxylic acids is 1. The van der Waals surface area contributed by atoms with Gasteiger partial charge in [-0.3, -0.25) is 9.69 Å². The molecule has 0 aromatic carbocycles. The summed E-state index contributed by atoms with van der Waals surface area (Å²) in [5.74, 6) is 2.92. The third-order valence-corrected chi connectivity index (χ3v) is 8.88. The van der Waals surface area contributed by atoms with Gasteiger partial charge in [0.2, 0.25) is 11.9 Å². The first-order valence-electron chi connectivity index (χ1n) is 14.6. The van der Waals surface area contributed by atoms with Crippen molar-refractivity contribution in [3.8, 4) is 0 Å². The van der Waals surface area contributed by atoms with Gasteiger partial charge >= 0.3 is 0 Å². The molecule has 7 nitrogen and oxygen atoms in total. The molecule has 4 fully saturated rings. The predicted octanol–water partition coefficient (Wildman–Crippen LogP) is 4.69. The Morgan fingerprint density at radius 2 is 1.57 bits per heavy atom. The van der Waals surface area contributed by atoms with Crippen LogP contribution in [-0.4, -0.2) is 77.0 Å². The standard InChI is InChI=1S/C28H46N6O/c35-27(21-23-9-3-4-10-23)33-19-13-25(14-20-33)34-18-8-5-11-24(22-34)30-28-29-15-12-26(31-28)32-16-6-1-2-7-17-32/h12,15,23-25H,1-11,13-14,16-22H2,(H,29,30,31). The van der Waals surface area contributed by atoms with Gasteiger partial charge in [-0.15, -0.1) is 0 Å². The van der Waals surface area contributed by atoms with E-state index in [0.29, 0.717) is 23.9 Å². The molecule has 1 saturated carbocycles. The van der Waals surface area contributed by atoms with Gasteiger partial charge in [-0.2, -0.15) is 4.98 Å². The number of rotatable bonds is 6. The molecule has 0 radical (unpaired) electrons. The lowest BCUT2D eigenvalue weighted by molar-refractivity contribution is -0.133. The van der Waals surface area contributed by atoms with E-state index in [1.807, 2.05) is 6.20 Å². The summed E-state index contributed by atoms with van der Waals surface area (Å²) in [4.78, 5) is 29.6. The summed E-state index contributed by atoms with van der Waals surface area (Å²) in [6.07, 6.45) is 19.0. The minimum Gasteiger partial charge on any atom is -0.356 e. The molecule has 0 bridgehead atoms. The number of carbonyl (C=O) groups is 1. The fourth-order valence-electron chi connectivity index (χ4n) is 6.77. The van der Waals surface area contributed by atoms with Crippen LogP contribution in [0.4, 0.5) is 11.8 Å². The fraction of sp³-hybridized carbons (Fsp3) is 0.821. The minimum absolute atomic E-state index is 0.388. The van der Waals surface area contributed by atoms with Gasteiger partial charge in [0.1, 0.15) is 5.82 Å². The van der Waals surface area contributed by atoms with Crippen LogP contribution < -0.4 is 10.2 Å². The SMILES string of the molecule is O=C(CC1CCCC1)N1CCC(N2CCCCC(Nc3nccc(N4CCCCCC4)n3)C2)CC1. The number of hydrogen-bond donors (Lipinski definition) is 1. The summed E-state index contributed by atoms with van der Waals surface area (Å²) < 4.78 is 0. The molecule has 4 heterocycles. The highest BCUT2D eigenvalue weighted by Gasteiger charge is 2.30. The average Bonchev–Trinajstić information content (AvgIpc) is 3.11. The van der Waals surface area contributed by atoms with E-state index in [1.165, 1.54) is 77.2 Å². The van der Waals surface area contributed by atoms with Crippen LogP contribution in [0.25, 0.3) is 0 Å². The maximum atomic E-state index is 12.8. The van der Waals surface area contributed by atoms with E-state index >= 15 is 0 Å². The highest BCUT2D eigenvalue weighted by molar-refractivity contribution is 5.76.